The molecule has 0 amide bonds. The number of fused-ring (bicyclic) bond motifs is 1. The minimum absolute atomic E-state index is 0.183. The van der Waals surface area contributed by atoms with Crippen molar-refractivity contribution in [2.24, 2.45) is 0 Å². The summed E-state index contributed by atoms with van der Waals surface area (Å²) in [5, 5.41) is 1.13. The summed E-state index contributed by atoms with van der Waals surface area (Å²) in [6.07, 6.45) is 10.4. The van der Waals surface area contributed by atoms with E-state index in [9.17, 15) is 0 Å². The quantitative estimate of drug-likeness (QED) is 0.0914. The van der Waals surface area contributed by atoms with Crippen LogP contribution in [0.5, 0.6) is 17.2 Å². The van der Waals surface area contributed by atoms with E-state index in [4.69, 9.17) is 14.2 Å². The maximum Gasteiger partial charge on any atom is 0.126 e. The molecule has 2 atom stereocenters. The van der Waals surface area contributed by atoms with Gasteiger partial charge in [0, 0.05) is 28.8 Å². The van der Waals surface area contributed by atoms with E-state index in [1.54, 1.807) is 0 Å². The second-order valence-electron chi connectivity index (χ2n) is 11.2. The fourth-order valence-corrected chi connectivity index (χ4v) is 6.24. The second kappa shape index (κ2) is 16.4. The van der Waals surface area contributed by atoms with Gasteiger partial charge in [0.1, 0.15) is 23.9 Å². The smallest absolute Gasteiger partial charge is 0.126 e. The first-order valence-electron chi connectivity index (χ1n) is 15.6. The predicted molar refractivity (Wildman–Crippen MR) is 176 cm³/mol. The number of ether oxygens (including phenoxy) is 3. The molecule has 4 aromatic rings. The van der Waals surface area contributed by atoms with Crippen LogP contribution in [-0.2, 0) is 6.61 Å². The van der Waals surface area contributed by atoms with Gasteiger partial charge in [0.2, 0.25) is 0 Å². The molecule has 4 heteroatoms. The van der Waals surface area contributed by atoms with Crippen LogP contribution >= 0.6 is 15.9 Å². The van der Waals surface area contributed by atoms with Crippen molar-refractivity contribution >= 4 is 15.9 Å². The van der Waals surface area contributed by atoms with Gasteiger partial charge in [-0.25, -0.2) is 0 Å². The second-order valence-corrected chi connectivity index (χ2v) is 12.0. The zero-order chi connectivity index (χ0) is 28.8. The van der Waals surface area contributed by atoms with E-state index < -0.39 is 0 Å². The van der Waals surface area contributed by atoms with Crippen molar-refractivity contribution in [3.05, 3.63) is 125 Å². The molecule has 42 heavy (non-hydrogen) atoms. The van der Waals surface area contributed by atoms with E-state index >= 15 is 0 Å². The summed E-state index contributed by atoms with van der Waals surface area (Å²) >= 11 is 3.51. The molecule has 1 aliphatic heterocycles. The van der Waals surface area contributed by atoms with Gasteiger partial charge < -0.3 is 14.2 Å². The highest BCUT2D eigenvalue weighted by Crippen LogP contribution is 2.47. The molecule has 0 spiro atoms. The van der Waals surface area contributed by atoms with Gasteiger partial charge in [0.05, 0.1) is 13.2 Å². The lowest BCUT2D eigenvalue weighted by Crippen LogP contribution is -2.25. The third kappa shape index (κ3) is 8.64. The average molecular weight is 628 g/mol. The number of alkyl halides is 1. The van der Waals surface area contributed by atoms with E-state index in [0.29, 0.717) is 13.2 Å². The lowest BCUT2D eigenvalue weighted by molar-refractivity contribution is 0.245. The van der Waals surface area contributed by atoms with Gasteiger partial charge in [-0.1, -0.05) is 133 Å². The molecule has 0 saturated carbocycles. The maximum absolute atomic E-state index is 6.37. The Morgan fingerprint density at radius 3 is 1.98 bits per heavy atom. The third-order valence-corrected chi connectivity index (χ3v) is 8.71. The van der Waals surface area contributed by atoms with E-state index in [0.717, 1.165) is 41.2 Å². The predicted octanol–water partition coefficient (Wildman–Crippen LogP) is 10.5. The van der Waals surface area contributed by atoms with Crippen molar-refractivity contribution in [3.63, 3.8) is 0 Å². The first kappa shape index (κ1) is 30.2. The first-order chi connectivity index (χ1) is 20.8. The Hall–Kier alpha value is -3.24. The highest BCUT2D eigenvalue weighted by molar-refractivity contribution is 9.09. The molecule has 0 unspecified atom stereocenters. The molecule has 4 aromatic carbocycles. The topological polar surface area (TPSA) is 27.7 Å². The third-order valence-electron chi connectivity index (χ3n) is 8.15. The van der Waals surface area contributed by atoms with Crippen LogP contribution in [0.15, 0.2) is 103 Å². The molecule has 0 fully saturated rings. The van der Waals surface area contributed by atoms with Crippen LogP contribution in [0, 0.1) is 0 Å². The van der Waals surface area contributed by atoms with Gasteiger partial charge in [0.25, 0.3) is 0 Å². The minimum atomic E-state index is 0.183. The zero-order valence-electron chi connectivity index (χ0n) is 24.6. The molecule has 0 aromatic heterocycles. The van der Waals surface area contributed by atoms with Crippen molar-refractivity contribution in [1.29, 1.82) is 0 Å². The standard InChI is InChI=1S/C38H43BrO3/c39-25-13-5-3-1-2-4-6-14-26-40-33-21-19-32(20-22-33)38-35-24-23-34(41-28-30-15-9-7-10-16-30)27-37(35)42-29-36(38)31-17-11-8-12-18-31/h7-12,15-24,27,36,38H,1-6,13-14,25-26,28-29H2/t36-,38-/m0/s1. The Morgan fingerprint density at radius 1 is 0.619 bits per heavy atom. The maximum atomic E-state index is 6.37. The molecule has 0 bridgehead atoms. The van der Waals surface area contributed by atoms with Crippen molar-refractivity contribution < 1.29 is 14.2 Å². The van der Waals surface area contributed by atoms with Crippen LogP contribution in [0.2, 0.25) is 0 Å². The van der Waals surface area contributed by atoms with E-state index in [1.807, 2.05) is 24.3 Å². The van der Waals surface area contributed by atoms with Crippen molar-refractivity contribution in [2.75, 3.05) is 18.5 Å². The van der Waals surface area contributed by atoms with Gasteiger partial charge in [-0.15, -0.1) is 0 Å². The Balaban J connectivity index is 1.22. The fraction of sp³-hybridized carbons (Fsp3) is 0.368. The summed E-state index contributed by atoms with van der Waals surface area (Å²) in [7, 11) is 0. The van der Waals surface area contributed by atoms with Gasteiger partial charge in [-0.2, -0.15) is 0 Å². The minimum Gasteiger partial charge on any atom is -0.494 e. The lowest BCUT2D eigenvalue weighted by atomic mass is 9.76. The number of benzene rings is 4. The van der Waals surface area contributed by atoms with Crippen LogP contribution in [0.4, 0.5) is 0 Å². The molecular formula is C38H43BrO3. The molecule has 0 radical (unpaired) electrons. The largest absolute Gasteiger partial charge is 0.494 e. The van der Waals surface area contributed by atoms with Crippen LogP contribution in [0.25, 0.3) is 0 Å². The first-order valence-corrected chi connectivity index (χ1v) is 16.7. The molecule has 1 heterocycles. The molecule has 0 N–H and O–H groups in total. The molecule has 3 nitrogen and oxygen atoms in total. The van der Waals surface area contributed by atoms with Gasteiger partial charge in [0.15, 0.2) is 0 Å². The molecule has 5 rings (SSSR count). The molecule has 220 valence electrons. The summed E-state index contributed by atoms with van der Waals surface area (Å²) in [6.45, 7) is 1.94. The van der Waals surface area contributed by atoms with Gasteiger partial charge in [-0.3, -0.25) is 0 Å². The Morgan fingerprint density at radius 2 is 1.26 bits per heavy atom. The van der Waals surface area contributed by atoms with Crippen molar-refractivity contribution in [2.45, 2.75) is 69.8 Å². The highest BCUT2D eigenvalue weighted by Gasteiger charge is 2.33. The number of rotatable bonds is 16. The summed E-state index contributed by atoms with van der Waals surface area (Å²) in [4.78, 5) is 0. The summed E-state index contributed by atoms with van der Waals surface area (Å²) in [5.41, 5.74) is 4.92. The van der Waals surface area contributed by atoms with Crippen LogP contribution in [0.1, 0.15) is 85.5 Å². The normalized spacial score (nSPS) is 15.9. The van der Waals surface area contributed by atoms with Gasteiger partial charge in [-0.05, 0) is 47.7 Å². The van der Waals surface area contributed by atoms with E-state index in [1.165, 1.54) is 61.6 Å². The zero-order valence-corrected chi connectivity index (χ0v) is 26.1. The van der Waals surface area contributed by atoms with E-state index in [-0.39, 0.29) is 11.8 Å². The number of unbranched alkanes of at least 4 members (excludes halogenated alkanes) is 7. The molecule has 1 aliphatic rings. The summed E-state index contributed by atoms with van der Waals surface area (Å²) in [5.74, 6) is 3.08. The van der Waals surface area contributed by atoms with Gasteiger partial charge >= 0.3 is 0 Å². The Bertz CT molecular complexity index is 1320. The molecule has 0 saturated heterocycles. The monoisotopic (exact) mass is 626 g/mol. The number of hydrogen-bond donors (Lipinski definition) is 0. The van der Waals surface area contributed by atoms with Crippen LogP contribution in [-0.4, -0.2) is 18.5 Å². The fourth-order valence-electron chi connectivity index (χ4n) is 5.84. The summed E-state index contributed by atoms with van der Waals surface area (Å²) < 4.78 is 18.6. The SMILES string of the molecule is BrCCCCCCCCCCOc1ccc([C@H]2c3ccc(OCc4ccccc4)cc3OC[C@H]2c2ccccc2)cc1. The lowest BCUT2D eigenvalue weighted by Gasteiger charge is -2.34. The highest BCUT2D eigenvalue weighted by atomic mass is 79.9. The van der Waals surface area contributed by atoms with Crippen molar-refractivity contribution in [3.8, 4) is 17.2 Å². The molecule has 0 aliphatic carbocycles. The van der Waals surface area contributed by atoms with E-state index in [2.05, 4.69) is 94.8 Å². The van der Waals surface area contributed by atoms with Crippen molar-refractivity contribution in [1.82, 2.24) is 0 Å². The Labute approximate surface area is 260 Å². The molecular weight excluding hydrogens is 584 g/mol. The van der Waals surface area contributed by atoms with Crippen LogP contribution < -0.4 is 14.2 Å². The Kier molecular flexibility index (Phi) is 11.8. The summed E-state index contributed by atoms with van der Waals surface area (Å²) in [6, 6.07) is 36.0. The van der Waals surface area contributed by atoms with Crippen LogP contribution in [0.3, 0.4) is 0 Å². The number of hydrogen-bond acceptors (Lipinski definition) is 3. The average Bonchev–Trinajstić information content (AvgIpc) is 3.05. The number of halogens is 1.